The van der Waals surface area contributed by atoms with Crippen molar-refractivity contribution in [3.63, 3.8) is 0 Å². The lowest BCUT2D eigenvalue weighted by atomic mass is 10.1. The first kappa shape index (κ1) is 20.4. The molecule has 0 saturated carbocycles. The molecule has 4 rings (SSSR count). The third kappa shape index (κ3) is 4.03. The Morgan fingerprint density at radius 1 is 1.27 bits per heavy atom. The summed E-state index contributed by atoms with van der Waals surface area (Å²) < 4.78 is 7.88. The van der Waals surface area contributed by atoms with Crippen molar-refractivity contribution < 1.29 is 14.4 Å². The first-order valence-corrected chi connectivity index (χ1v) is 10.2. The molecule has 1 N–H and O–H groups in total. The molecule has 154 valence electrons. The summed E-state index contributed by atoms with van der Waals surface area (Å²) in [6.45, 7) is 4.43. The quantitative estimate of drug-likeness (QED) is 0.590. The van der Waals surface area contributed by atoms with E-state index >= 15 is 0 Å². The van der Waals surface area contributed by atoms with Gasteiger partial charge in [0.15, 0.2) is 12.4 Å². The smallest absolute Gasteiger partial charge is 0.274 e. The topological polar surface area (TPSA) is 90.6 Å². The number of pyridine rings is 1. The van der Waals surface area contributed by atoms with E-state index in [-0.39, 0.29) is 5.91 Å². The maximum absolute atomic E-state index is 13.2. The van der Waals surface area contributed by atoms with Crippen LogP contribution in [0.4, 0.5) is 5.69 Å². The van der Waals surface area contributed by atoms with E-state index in [9.17, 15) is 4.79 Å². The van der Waals surface area contributed by atoms with Crippen LogP contribution in [0, 0.1) is 13.8 Å². The number of carbonyl (C=O) groups excluding carboxylic acids is 1. The van der Waals surface area contributed by atoms with Crippen molar-refractivity contribution in [2.45, 2.75) is 13.8 Å². The van der Waals surface area contributed by atoms with Crippen molar-refractivity contribution in [3.05, 3.63) is 68.5 Å². The molecule has 0 spiro atoms. The summed E-state index contributed by atoms with van der Waals surface area (Å²) >= 11 is 9.75. The number of hydrogen-bond acceptors (Lipinski definition) is 6. The largest absolute Gasteiger partial charge is 0.471 e. The molecular formula is C20H17BrClN5O3. The number of halogens is 2. The van der Waals surface area contributed by atoms with Gasteiger partial charge in [-0.25, -0.2) is 9.67 Å². The van der Waals surface area contributed by atoms with Crippen LogP contribution in [-0.4, -0.2) is 39.8 Å². The van der Waals surface area contributed by atoms with E-state index in [0.717, 1.165) is 10.0 Å². The zero-order chi connectivity index (χ0) is 21.3. The van der Waals surface area contributed by atoms with Crippen molar-refractivity contribution in [2.75, 3.05) is 18.5 Å². The van der Waals surface area contributed by atoms with Gasteiger partial charge in [0.25, 0.3) is 11.8 Å². The van der Waals surface area contributed by atoms with Crippen LogP contribution in [0.5, 0.6) is 0 Å². The number of hydrogen-bond donors (Lipinski definition) is 1. The average molecular weight is 491 g/mol. The van der Waals surface area contributed by atoms with Crippen LogP contribution in [-0.2, 0) is 9.57 Å². The maximum atomic E-state index is 13.2. The molecule has 3 heterocycles. The first-order valence-electron chi connectivity index (χ1n) is 9.06. The van der Waals surface area contributed by atoms with E-state index in [0.29, 0.717) is 52.6 Å². The van der Waals surface area contributed by atoms with Gasteiger partial charge in [0.2, 0.25) is 0 Å². The summed E-state index contributed by atoms with van der Waals surface area (Å²) in [4.78, 5) is 22.6. The minimum atomic E-state index is -0.374. The van der Waals surface area contributed by atoms with Crippen molar-refractivity contribution in [3.8, 4) is 5.82 Å². The molecule has 0 aliphatic carbocycles. The van der Waals surface area contributed by atoms with E-state index in [2.05, 4.69) is 36.5 Å². The van der Waals surface area contributed by atoms with Gasteiger partial charge in [0, 0.05) is 10.7 Å². The van der Waals surface area contributed by atoms with Crippen molar-refractivity contribution in [1.82, 2.24) is 14.8 Å². The van der Waals surface area contributed by atoms with E-state index in [4.69, 9.17) is 21.2 Å². The fourth-order valence-corrected chi connectivity index (χ4v) is 3.82. The lowest BCUT2D eigenvalue weighted by molar-refractivity contribution is 0.0656. The van der Waals surface area contributed by atoms with Gasteiger partial charge in [-0.1, -0.05) is 27.5 Å². The number of benzene rings is 1. The number of anilines is 1. The lowest BCUT2D eigenvalue weighted by Gasteiger charge is -2.19. The Labute approximate surface area is 186 Å². The second-order valence-electron chi connectivity index (χ2n) is 6.57. The molecule has 0 saturated heterocycles. The molecule has 0 atom stereocenters. The Hall–Kier alpha value is -2.91. The molecule has 1 aliphatic heterocycles. The van der Waals surface area contributed by atoms with Crippen LogP contribution >= 0.6 is 27.5 Å². The minimum absolute atomic E-state index is 0.295. The summed E-state index contributed by atoms with van der Waals surface area (Å²) in [5.74, 6) is 0.304. The second-order valence-corrected chi connectivity index (χ2v) is 7.89. The van der Waals surface area contributed by atoms with Gasteiger partial charge in [-0.15, -0.1) is 0 Å². The number of carbonyl (C=O) groups is 1. The Morgan fingerprint density at radius 2 is 2.10 bits per heavy atom. The van der Waals surface area contributed by atoms with E-state index in [1.807, 2.05) is 19.1 Å². The summed E-state index contributed by atoms with van der Waals surface area (Å²) in [5, 5.41) is 11.7. The number of rotatable bonds is 4. The summed E-state index contributed by atoms with van der Waals surface area (Å²) in [7, 11) is 0. The predicted octanol–water partition coefficient (Wildman–Crippen LogP) is 4.26. The zero-order valence-electron chi connectivity index (χ0n) is 16.1. The highest BCUT2D eigenvalue weighted by molar-refractivity contribution is 9.10. The second kappa shape index (κ2) is 8.45. The summed E-state index contributed by atoms with van der Waals surface area (Å²) in [5.41, 5.74) is 2.94. The summed E-state index contributed by atoms with van der Waals surface area (Å²) in [6.07, 6.45) is 1.59. The number of ether oxygens (including phenoxy) is 1. The van der Waals surface area contributed by atoms with Crippen LogP contribution in [0.3, 0.4) is 0 Å². The van der Waals surface area contributed by atoms with Gasteiger partial charge in [-0.3, -0.25) is 4.79 Å². The highest BCUT2D eigenvalue weighted by Gasteiger charge is 2.23. The molecule has 8 nitrogen and oxygen atoms in total. The fourth-order valence-electron chi connectivity index (χ4n) is 3.04. The van der Waals surface area contributed by atoms with Gasteiger partial charge < -0.3 is 14.9 Å². The number of amides is 1. The number of nitrogens with one attached hydrogen (secondary N) is 1. The van der Waals surface area contributed by atoms with Crippen LogP contribution in [0.25, 0.3) is 5.82 Å². The van der Waals surface area contributed by atoms with Crippen LogP contribution in [0.15, 0.2) is 46.2 Å². The molecule has 0 bridgehead atoms. The Balaban J connectivity index is 1.74. The summed E-state index contributed by atoms with van der Waals surface area (Å²) in [6, 6.07) is 8.78. The zero-order valence-corrected chi connectivity index (χ0v) is 18.5. The Kier molecular flexibility index (Phi) is 5.74. The molecule has 0 radical (unpaired) electrons. The van der Waals surface area contributed by atoms with Crippen molar-refractivity contribution in [1.29, 1.82) is 0 Å². The monoisotopic (exact) mass is 489 g/mol. The highest BCUT2D eigenvalue weighted by Crippen LogP contribution is 2.29. The van der Waals surface area contributed by atoms with Gasteiger partial charge in [0.05, 0.1) is 22.0 Å². The Bertz CT molecular complexity index is 1160. The molecule has 2 aromatic heterocycles. The van der Waals surface area contributed by atoms with Crippen LogP contribution in [0.2, 0.25) is 5.02 Å². The van der Waals surface area contributed by atoms with Crippen molar-refractivity contribution >= 4 is 45.0 Å². The molecule has 3 aromatic rings. The van der Waals surface area contributed by atoms with Crippen molar-refractivity contribution in [2.24, 2.45) is 5.16 Å². The van der Waals surface area contributed by atoms with Crippen LogP contribution < -0.4 is 5.32 Å². The molecule has 0 unspecified atom stereocenters. The third-order valence-corrected chi connectivity index (χ3v) is 5.09. The molecule has 1 aromatic carbocycles. The number of aryl methyl sites for hydroxylation is 2. The van der Waals surface area contributed by atoms with Crippen LogP contribution in [0.1, 0.15) is 27.3 Å². The normalized spacial score (nSPS) is 13.3. The van der Waals surface area contributed by atoms with Gasteiger partial charge in [-0.05, 0) is 54.9 Å². The van der Waals surface area contributed by atoms with Gasteiger partial charge in [0.1, 0.15) is 12.3 Å². The van der Waals surface area contributed by atoms with Gasteiger partial charge in [-0.2, -0.15) is 5.10 Å². The molecule has 10 heteroatoms. The van der Waals surface area contributed by atoms with E-state index in [1.165, 1.54) is 4.68 Å². The SMILES string of the molecule is Cc1cc(C(=O)Nc2c(C)cc(Br)cc2C2=NOCCO2)n(-c2ncccc2Cl)n1. The first-order chi connectivity index (χ1) is 14.4. The third-order valence-electron chi connectivity index (χ3n) is 4.33. The predicted molar refractivity (Wildman–Crippen MR) is 116 cm³/mol. The lowest BCUT2D eigenvalue weighted by Crippen LogP contribution is -2.22. The standard InChI is InChI=1S/C20H17BrClN5O3/c1-11-8-13(21)10-14(20-26-30-7-6-29-20)17(11)24-19(28)16-9-12(2)25-27(16)18-15(22)4-3-5-23-18/h3-5,8-10H,6-7H2,1-2H3,(H,24,28). The number of aromatic nitrogens is 3. The number of oxime groups is 1. The van der Waals surface area contributed by atoms with E-state index < -0.39 is 0 Å². The van der Waals surface area contributed by atoms with E-state index in [1.54, 1.807) is 31.3 Å². The molecule has 1 amide bonds. The van der Waals surface area contributed by atoms with Gasteiger partial charge >= 0.3 is 0 Å². The Morgan fingerprint density at radius 3 is 2.83 bits per heavy atom. The minimum Gasteiger partial charge on any atom is -0.471 e. The molecule has 0 fully saturated rings. The molecule has 30 heavy (non-hydrogen) atoms. The molecular weight excluding hydrogens is 474 g/mol. The average Bonchev–Trinajstić information content (AvgIpc) is 3.12. The molecule has 1 aliphatic rings. The highest BCUT2D eigenvalue weighted by atomic mass is 79.9. The fraction of sp³-hybridized carbons (Fsp3) is 0.200. The number of nitrogens with zero attached hydrogens (tertiary/aromatic N) is 4. The maximum Gasteiger partial charge on any atom is 0.274 e.